The first kappa shape index (κ1) is 14.3. The molecule has 0 bridgehead atoms. The van der Waals surface area contributed by atoms with Crippen LogP contribution in [0.25, 0.3) is 0 Å². The van der Waals surface area contributed by atoms with Gasteiger partial charge in [0.1, 0.15) is 11.9 Å². The van der Waals surface area contributed by atoms with E-state index < -0.39 is 35.1 Å². The molecule has 1 heterocycles. The van der Waals surface area contributed by atoms with Crippen molar-refractivity contribution in [2.24, 2.45) is 0 Å². The predicted molar refractivity (Wildman–Crippen MR) is 61.1 cm³/mol. The van der Waals surface area contributed by atoms with Crippen molar-refractivity contribution in [2.75, 3.05) is 6.54 Å². The van der Waals surface area contributed by atoms with Crippen LogP contribution in [0.1, 0.15) is 28.8 Å². The Balaban J connectivity index is 2.37. The lowest BCUT2D eigenvalue weighted by molar-refractivity contribution is -0.137. The number of likely N-dealkylation sites (tertiary alicyclic amines) is 1. The quantitative estimate of drug-likeness (QED) is 0.745. The van der Waals surface area contributed by atoms with Gasteiger partial charge >= 0.3 is 6.18 Å². The van der Waals surface area contributed by atoms with E-state index in [9.17, 15) is 22.4 Å². The summed E-state index contributed by atoms with van der Waals surface area (Å²) in [5, 5.41) is 8.87. The molecular weight excluding hydrogens is 276 g/mol. The molecule has 0 aliphatic carbocycles. The molecular formula is C13H10F4N2O. The molecule has 2 rings (SSSR count). The zero-order valence-electron chi connectivity index (χ0n) is 10.2. The van der Waals surface area contributed by atoms with Gasteiger partial charge in [0, 0.05) is 6.54 Å². The number of rotatable bonds is 1. The van der Waals surface area contributed by atoms with Gasteiger partial charge in [-0.1, -0.05) is 0 Å². The maximum absolute atomic E-state index is 13.6. The van der Waals surface area contributed by atoms with E-state index in [1.54, 1.807) is 0 Å². The second-order valence-corrected chi connectivity index (χ2v) is 4.48. The van der Waals surface area contributed by atoms with E-state index in [0.29, 0.717) is 31.0 Å². The maximum atomic E-state index is 13.6. The molecule has 1 aromatic carbocycles. The summed E-state index contributed by atoms with van der Waals surface area (Å²) in [7, 11) is 0. The largest absolute Gasteiger partial charge is 0.416 e. The van der Waals surface area contributed by atoms with E-state index >= 15 is 0 Å². The molecule has 1 fully saturated rings. The fraction of sp³-hybridized carbons (Fsp3) is 0.385. The molecule has 20 heavy (non-hydrogen) atoms. The van der Waals surface area contributed by atoms with Crippen LogP contribution in [-0.2, 0) is 6.18 Å². The topological polar surface area (TPSA) is 44.1 Å². The van der Waals surface area contributed by atoms with Crippen LogP contribution in [0.4, 0.5) is 17.6 Å². The van der Waals surface area contributed by atoms with Crippen molar-refractivity contribution >= 4 is 5.91 Å². The molecule has 0 radical (unpaired) electrons. The van der Waals surface area contributed by atoms with Crippen molar-refractivity contribution in [1.29, 1.82) is 5.26 Å². The normalized spacial score (nSPS) is 18.9. The highest BCUT2D eigenvalue weighted by Crippen LogP contribution is 2.31. The van der Waals surface area contributed by atoms with Gasteiger partial charge in [-0.3, -0.25) is 4.79 Å². The first-order valence-corrected chi connectivity index (χ1v) is 5.92. The SMILES string of the molecule is N#CC1CCCN1C(=O)c1cc(C(F)(F)F)ccc1F. The minimum Gasteiger partial charge on any atom is -0.323 e. The molecule has 1 saturated heterocycles. The lowest BCUT2D eigenvalue weighted by Gasteiger charge is -2.20. The van der Waals surface area contributed by atoms with E-state index in [0.717, 1.165) is 4.90 Å². The van der Waals surface area contributed by atoms with Gasteiger partial charge in [0.15, 0.2) is 0 Å². The van der Waals surface area contributed by atoms with Crippen LogP contribution < -0.4 is 0 Å². The molecule has 3 nitrogen and oxygen atoms in total. The van der Waals surface area contributed by atoms with Gasteiger partial charge in [0.05, 0.1) is 17.2 Å². The Morgan fingerprint density at radius 1 is 1.40 bits per heavy atom. The van der Waals surface area contributed by atoms with E-state index in [1.165, 1.54) is 0 Å². The molecule has 1 aromatic rings. The Labute approximate surface area is 112 Å². The standard InChI is InChI=1S/C13H10F4N2O/c14-11-4-3-8(13(15,16)17)6-10(11)12(20)19-5-1-2-9(19)7-18/h3-4,6,9H,1-2,5H2. The highest BCUT2D eigenvalue weighted by molar-refractivity contribution is 5.95. The molecule has 1 unspecified atom stereocenters. The molecule has 1 amide bonds. The average Bonchev–Trinajstić information content (AvgIpc) is 2.85. The Bertz CT molecular complexity index is 577. The Morgan fingerprint density at radius 2 is 2.10 bits per heavy atom. The summed E-state index contributed by atoms with van der Waals surface area (Å²) in [6.45, 7) is 0.243. The number of alkyl halides is 3. The smallest absolute Gasteiger partial charge is 0.323 e. The van der Waals surface area contributed by atoms with Crippen LogP contribution in [0.2, 0.25) is 0 Å². The molecule has 0 spiro atoms. The molecule has 0 N–H and O–H groups in total. The minimum absolute atomic E-state index is 0.243. The number of amides is 1. The lowest BCUT2D eigenvalue weighted by atomic mass is 10.1. The first-order valence-electron chi connectivity index (χ1n) is 5.92. The van der Waals surface area contributed by atoms with Crippen molar-refractivity contribution in [1.82, 2.24) is 4.90 Å². The van der Waals surface area contributed by atoms with Gasteiger partial charge in [0.2, 0.25) is 0 Å². The van der Waals surface area contributed by atoms with E-state index in [1.807, 2.05) is 6.07 Å². The third-order valence-corrected chi connectivity index (χ3v) is 3.19. The summed E-state index contributed by atoms with van der Waals surface area (Å²) in [5.41, 5.74) is -1.74. The number of hydrogen-bond donors (Lipinski definition) is 0. The monoisotopic (exact) mass is 286 g/mol. The molecule has 1 aliphatic heterocycles. The number of hydrogen-bond acceptors (Lipinski definition) is 2. The van der Waals surface area contributed by atoms with Crippen LogP contribution in [0.3, 0.4) is 0 Å². The molecule has 1 aliphatic rings. The van der Waals surface area contributed by atoms with Gasteiger partial charge in [-0.2, -0.15) is 18.4 Å². The number of carbonyl (C=O) groups is 1. The summed E-state index contributed by atoms with van der Waals surface area (Å²) in [6, 6.07) is 2.87. The first-order chi connectivity index (χ1) is 9.34. The fourth-order valence-corrected chi connectivity index (χ4v) is 2.16. The van der Waals surface area contributed by atoms with Crippen molar-refractivity contribution in [3.05, 3.63) is 35.1 Å². The van der Waals surface area contributed by atoms with Crippen LogP contribution in [0, 0.1) is 17.1 Å². The number of carbonyl (C=O) groups excluding carboxylic acids is 1. The van der Waals surface area contributed by atoms with Crippen LogP contribution in [0.15, 0.2) is 18.2 Å². The van der Waals surface area contributed by atoms with Crippen LogP contribution in [-0.4, -0.2) is 23.4 Å². The summed E-state index contributed by atoms with van der Waals surface area (Å²) in [5.74, 6) is -1.90. The molecule has 7 heteroatoms. The van der Waals surface area contributed by atoms with Crippen LogP contribution in [0.5, 0.6) is 0 Å². The lowest BCUT2D eigenvalue weighted by Crippen LogP contribution is -2.35. The zero-order valence-corrected chi connectivity index (χ0v) is 10.2. The van der Waals surface area contributed by atoms with Crippen LogP contribution >= 0.6 is 0 Å². The summed E-state index contributed by atoms with van der Waals surface area (Å²) < 4.78 is 51.3. The Kier molecular flexibility index (Phi) is 3.66. The Hall–Kier alpha value is -2.10. The van der Waals surface area contributed by atoms with E-state index in [2.05, 4.69) is 0 Å². The summed E-state index contributed by atoms with van der Waals surface area (Å²) >= 11 is 0. The summed E-state index contributed by atoms with van der Waals surface area (Å²) in [6.07, 6.45) is -3.63. The van der Waals surface area contributed by atoms with Gasteiger partial charge in [-0.25, -0.2) is 4.39 Å². The number of halogens is 4. The third kappa shape index (κ3) is 2.59. The minimum atomic E-state index is -4.65. The molecule has 106 valence electrons. The number of nitrogens with zero attached hydrogens (tertiary/aromatic N) is 2. The predicted octanol–water partition coefficient (Wildman–Crippen LogP) is 2.97. The number of benzene rings is 1. The van der Waals surface area contributed by atoms with E-state index in [4.69, 9.17) is 5.26 Å². The molecule has 1 atom stereocenters. The highest BCUT2D eigenvalue weighted by atomic mass is 19.4. The Morgan fingerprint density at radius 3 is 2.70 bits per heavy atom. The average molecular weight is 286 g/mol. The zero-order chi connectivity index (χ0) is 14.9. The molecule has 0 aromatic heterocycles. The van der Waals surface area contributed by atoms with E-state index in [-0.39, 0.29) is 6.54 Å². The maximum Gasteiger partial charge on any atom is 0.416 e. The van der Waals surface area contributed by atoms with Gasteiger partial charge in [-0.05, 0) is 31.0 Å². The third-order valence-electron chi connectivity index (χ3n) is 3.19. The van der Waals surface area contributed by atoms with Gasteiger partial charge in [-0.15, -0.1) is 0 Å². The van der Waals surface area contributed by atoms with Gasteiger partial charge < -0.3 is 4.90 Å². The molecule has 0 saturated carbocycles. The van der Waals surface area contributed by atoms with Crippen molar-refractivity contribution in [3.8, 4) is 6.07 Å². The van der Waals surface area contributed by atoms with Crippen molar-refractivity contribution < 1.29 is 22.4 Å². The fourth-order valence-electron chi connectivity index (χ4n) is 2.16. The highest BCUT2D eigenvalue weighted by Gasteiger charge is 2.34. The number of nitriles is 1. The second-order valence-electron chi connectivity index (χ2n) is 4.48. The summed E-state index contributed by atoms with van der Waals surface area (Å²) in [4.78, 5) is 13.2. The second kappa shape index (κ2) is 5.12. The van der Waals surface area contributed by atoms with Crippen molar-refractivity contribution in [2.45, 2.75) is 25.1 Å². The van der Waals surface area contributed by atoms with Crippen molar-refractivity contribution in [3.63, 3.8) is 0 Å². The van der Waals surface area contributed by atoms with Gasteiger partial charge in [0.25, 0.3) is 5.91 Å².